The lowest BCUT2D eigenvalue weighted by Gasteiger charge is -2.34. The molecule has 0 aromatic carbocycles. The molecule has 7 heteroatoms. The number of nitrogens with two attached hydrogens (primary N) is 1. The van der Waals surface area contributed by atoms with Crippen LogP contribution in [0.3, 0.4) is 0 Å². The lowest BCUT2D eigenvalue weighted by Crippen LogP contribution is -2.45. The molecule has 2 aromatic heterocycles. The van der Waals surface area contributed by atoms with Gasteiger partial charge in [0.2, 0.25) is 0 Å². The van der Waals surface area contributed by atoms with E-state index in [1.54, 1.807) is 22.7 Å². The average Bonchev–Trinajstić information content (AvgIpc) is 3.00. The fourth-order valence-corrected chi connectivity index (χ4v) is 3.78. The molecule has 1 fully saturated rings. The van der Waals surface area contributed by atoms with Crippen molar-refractivity contribution in [2.45, 2.75) is 13.5 Å². The Balaban J connectivity index is 1.54. The largest absolute Gasteiger partial charge is 0.375 e. The first-order valence-corrected chi connectivity index (χ1v) is 8.00. The molecular formula is C12H17N5S2. The molecule has 3 rings (SSSR count). The molecule has 1 saturated heterocycles. The third-order valence-corrected chi connectivity index (χ3v) is 5.03. The summed E-state index contributed by atoms with van der Waals surface area (Å²) < 4.78 is 0. The van der Waals surface area contributed by atoms with Gasteiger partial charge in [0.1, 0.15) is 0 Å². The van der Waals surface area contributed by atoms with Gasteiger partial charge in [0.05, 0.1) is 5.69 Å². The molecular weight excluding hydrogens is 278 g/mol. The fraction of sp³-hybridized carbons (Fsp3) is 0.500. The van der Waals surface area contributed by atoms with Crippen LogP contribution in [0.4, 0.5) is 10.3 Å². The zero-order chi connectivity index (χ0) is 13.2. The molecule has 0 bridgehead atoms. The summed E-state index contributed by atoms with van der Waals surface area (Å²) in [5.74, 6) is 0. The molecule has 1 aliphatic heterocycles. The first kappa shape index (κ1) is 12.8. The third kappa shape index (κ3) is 3.05. The Labute approximate surface area is 120 Å². The van der Waals surface area contributed by atoms with Gasteiger partial charge in [0.25, 0.3) is 0 Å². The lowest BCUT2D eigenvalue weighted by atomic mass is 10.3. The van der Waals surface area contributed by atoms with Gasteiger partial charge < -0.3 is 10.6 Å². The zero-order valence-electron chi connectivity index (χ0n) is 10.9. The van der Waals surface area contributed by atoms with Gasteiger partial charge in [-0.15, -0.1) is 22.7 Å². The number of nitrogens with zero attached hydrogens (tertiary/aromatic N) is 4. The topological polar surface area (TPSA) is 58.3 Å². The average molecular weight is 295 g/mol. The Bertz CT molecular complexity index is 542. The van der Waals surface area contributed by atoms with E-state index in [2.05, 4.69) is 25.1 Å². The zero-order valence-corrected chi connectivity index (χ0v) is 12.5. The van der Waals surface area contributed by atoms with Gasteiger partial charge in [-0.2, -0.15) is 0 Å². The van der Waals surface area contributed by atoms with Gasteiger partial charge in [0, 0.05) is 49.2 Å². The predicted octanol–water partition coefficient (Wildman–Crippen LogP) is 1.81. The molecule has 0 aliphatic carbocycles. The monoisotopic (exact) mass is 295 g/mol. The Morgan fingerprint density at radius 2 is 2.11 bits per heavy atom. The minimum Gasteiger partial charge on any atom is -0.375 e. The molecule has 1 aliphatic rings. The van der Waals surface area contributed by atoms with Gasteiger partial charge in [0.15, 0.2) is 10.3 Å². The van der Waals surface area contributed by atoms with Crippen LogP contribution in [0.15, 0.2) is 11.6 Å². The van der Waals surface area contributed by atoms with Crippen molar-refractivity contribution in [1.82, 2.24) is 14.9 Å². The van der Waals surface area contributed by atoms with Crippen LogP contribution in [-0.4, -0.2) is 41.0 Å². The van der Waals surface area contributed by atoms with E-state index in [0.29, 0.717) is 5.13 Å². The van der Waals surface area contributed by atoms with E-state index in [4.69, 9.17) is 5.73 Å². The number of aryl methyl sites for hydroxylation is 1. The number of rotatable bonds is 3. The van der Waals surface area contributed by atoms with Crippen LogP contribution in [-0.2, 0) is 6.54 Å². The summed E-state index contributed by atoms with van der Waals surface area (Å²) in [6.07, 6.45) is 1.89. The Hall–Kier alpha value is -1.18. The molecule has 5 nitrogen and oxygen atoms in total. The minimum atomic E-state index is 0.659. The molecule has 0 radical (unpaired) electrons. The molecule has 2 N–H and O–H groups in total. The Morgan fingerprint density at radius 3 is 2.68 bits per heavy atom. The van der Waals surface area contributed by atoms with Crippen molar-refractivity contribution in [1.29, 1.82) is 0 Å². The lowest BCUT2D eigenvalue weighted by molar-refractivity contribution is 0.251. The van der Waals surface area contributed by atoms with Crippen molar-refractivity contribution in [2.24, 2.45) is 0 Å². The summed E-state index contributed by atoms with van der Waals surface area (Å²) in [6, 6.07) is 0. The van der Waals surface area contributed by atoms with E-state index >= 15 is 0 Å². The van der Waals surface area contributed by atoms with Crippen molar-refractivity contribution in [3.8, 4) is 0 Å². The highest BCUT2D eigenvalue weighted by atomic mass is 32.1. The van der Waals surface area contributed by atoms with Crippen LogP contribution in [0.5, 0.6) is 0 Å². The van der Waals surface area contributed by atoms with Crippen LogP contribution in [0.1, 0.15) is 10.6 Å². The number of thiazole rings is 2. The van der Waals surface area contributed by atoms with Crippen LogP contribution < -0.4 is 10.6 Å². The predicted molar refractivity (Wildman–Crippen MR) is 80.9 cm³/mol. The van der Waals surface area contributed by atoms with Crippen LogP contribution >= 0.6 is 22.7 Å². The van der Waals surface area contributed by atoms with E-state index in [9.17, 15) is 0 Å². The summed E-state index contributed by atoms with van der Waals surface area (Å²) in [5, 5.41) is 3.92. The molecule has 102 valence electrons. The maximum Gasteiger partial charge on any atom is 0.185 e. The van der Waals surface area contributed by atoms with Crippen molar-refractivity contribution in [2.75, 3.05) is 36.8 Å². The van der Waals surface area contributed by atoms with Gasteiger partial charge >= 0.3 is 0 Å². The van der Waals surface area contributed by atoms with E-state index < -0.39 is 0 Å². The number of hydrogen-bond donors (Lipinski definition) is 1. The summed E-state index contributed by atoms with van der Waals surface area (Å²) in [7, 11) is 0. The van der Waals surface area contributed by atoms with Crippen molar-refractivity contribution >= 4 is 32.9 Å². The molecule has 0 saturated carbocycles. The van der Waals surface area contributed by atoms with Crippen LogP contribution in [0, 0.1) is 6.92 Å². The first-order chi connectivity index (χ1) is 9.20. The van der Waals surface area contributed by atoms with Gasteiger partial charge in [-0.05, 0) is 6.92 Å². The summed E-state index contributed by atoms with van der Waals surface area (Å²) >= 11 is 3.32. The second kappa shape index (κ2) is 5.44. The summed E-state index contributed by atoms with van der Waals surface area (Å²) in [4.78, 5) is 14.7. The molecule has 3 heterocycles. The molecule has 2 aromatic rings. The fourth-order valence-electron chi connectivity index (χ4n) is 2.20. The molecule has 0 unspecified atom stereocenters. The minimum absolute atomic E-state index is 0.659. The highest BCUT2D eigenvalue weighted by molar-refractivity contribution is 7.15. The summed E-state index contributed by atoms with van der Waals surface area (Å²) in [5.41, 5.74) is 6.77. The van der Waals surface area contributed by atoms with Gasteiger partial charge in [-0.3, -0.25) is 4.90 Å². The number of hydrogen-bond acceptors (Lipinski definition) is 7. The van der Waals surface area contributed by atoms with Crippen molar-refractivity contribution < 1.29 is 0 Å². The van der Waals surface area contributed by atoms with Crippen LogP contribution in [0.25, 0.3) is 0 Å². The number of piperazine rings is 1. The normalized spacial score (nSPS) is 17.0. The number of anilines is 2. The maximum atomic E-state index is 5.66. The quantitative estimate of drug-likeness (QED) is 0.936. The maximum absolute atomic E-state index is 5.66. The SMILES string of the molecule is Cc1csc(N2CCN(Cc3cnc(N)s3)CC2)n1. The standard InChI is InChI=1S/C12H17N5S2/c1-9-8-18-12(15-9)17-4-2-16(3-5-17)7-10-6-14-11(13)19-10/h6,8H,2-5,7H2,1H3,(H2,13,14). The number of nitrogen functional groups attached to an aromatic ring is 1. The molecule has 0 amide bonds. The second-order valence-electron chi connectivity index (χ2n) is 4.70. The number of aromatic nitrogens is 2. The van der Waals surface area contributed by atoms with E-state index in [0.717, 1.165) is 43.5 Å². The van der Waals surface area contributed by atoms with E-state index in [1.807, 2.05) is 13.1 Å². The Morgan fingerprint density at radius 1 is 1.32 bits per heavy atom. The van der Waals surface area contributed by atoms with Crippen LogP contribution in [0.2, 0.25) is 0 Å². The van der Waals surface area contributed by atoms with E-state index in [-0.39, 0.29) is 0 Å². The van der Waals surface area contributed by atoms with Crippen molar-refractivity contribution in [3.05, 3.63) is 22.1 Å². The third-order valence-electron chi connectivity index (χ3n) is 3.20. The molecule has 19 heavy (non-hydrogen) atoms. The highest BCUT2D eigenvalue weighted by Crippen LogP contribution is 2.22. The first-order valence-electron chi connectivity index (χ1n) is 6.30. The van der Waals surface area contributed by atoms with Gasteiger partial charge in [-0.25, -0.2) is 9.97 Å². The molecule has 0 atom stereocenters. The highest BCUT2D eigenvalue weighted by Gasteiger charge is 2.19. The summed E-state index contributed by atoms with van der Waals surface area (Å²) in [6.45, 7) is 7.22. The Kier molecular flexibility index (Phi) is 3.67. The second-order valence-corrected chi connectivity index (χ2v) is 6.68. The molecule has 0 spiro atoms. The smallest absolute Gasteiger partial charge is 0.185 e. The van der Waals surface area contributed by atoms with Gasteiger partial charge in [-0.1, -0.05) is 0 Å². The van der Waals surface area contributed by atoms with Crippen molar-refractivity contribution in [3.63, 3.8) is 0 Å². The van der Waals surface area contributed by atoms with E-state index in [1.165, 1.54) is 4.88 Å².